The standard InChI is InChI=1S/C29H34N6O3/c1-20-19-37-16-15-35(20)27-22-13-14-34(28(36)38-29(2,3)4)18-24(22)30-25(32-27)11-12-26-31-23(17-33(26)5)21-9-7-6-8-10-21/h6-10,17,20H,13-16,18-19H2,1-5H3/t20-/m1/s1. The molecule has 0 unspecified atom stereocenters. The van der Waals surface area contributed by atoms with E-state index in [1.807, 2.05) is 68.9 Å². The highest BCUT2D eigenvalue weighted by Gasteiger charge is 2.31. The van der Waals surface area contributed by atoms with E-state index in [2.05, 4.69) is 23.7 Å². The van der Waals surface area contributed by atoms with Crippen molar-refractivity contribution in [2.75, 3.05) is 31.2 Å². The highest BCUT2D eigenvalue weighted by Crippen LogP contribution is 2.29. The van der Waals surface area contributed by atoms with Gasteiger partial charge in [0.05, 0.1) is 37.2 Å². The first-order valence-corrected chi connectivity index (χ1v) is 13.0. The number of anilines is 1. The van der Waals surface area contributed by atoms with Crippen molar-refractivity contribution < 1.29 is 14.3 Å². The van der Waals surface area contributed by atoms with Gasteiger partial charge in [-0.05, 0) is 46.0 Å². The molecule has 1 amide bonds. The number of fused-ring (bicyclic) bond motifs is 1. The summed E-state index contributed by atoms with van der Waals surface area (Å²) >= 11 is 0. The normalized spacial score (nSPS) is 17.4. The summed E-state index contributed by atoms with van der Waals surface area (Å²) in [6.07, 6.45) is 2.28. The van der Waals surface area contributed by atoms with Crippen molar-refractivity contribution in [3.63, 3.8) is 0 Å². The number of aryl methyl sites for hydroxylation is 1. The first-order valence-electron chi connectivity index (χ1n) is 13.0. The van der Waals surface area contributed by atoms with Gasteiger partial charge in [-0.15, -0.1) is 0 Å². The molecule has 9 heteroatoms. The van der Waals surface area contributed by atoms with E-state index in [9.17, 15) is 4.79 Å². The van der Waals surface area contributed by atoms with Crippen LogP contribution in [-0.2, 0) is 29.5 Å². The van der Waals surface area contributed by atoms with E-state index >= 15 is 0 Å². The number of morpholine rings is 1. The van der Waals surface area contributed by atoms with Crippen LogP contribution in [0.3, 0.4) is 0 Å². The van der Waals surface area contributed by atoms with Gasteiger partial charge in [-0.1, -0.05) is 30.3 Å². The number of hydrogen-bond acceptors (Lipinski definition) is 7. The van der Waals surface area contributed by atoms with Crippen molar-refractivity contribution in [2.24, 2.45) is 7.05 Å². The second-order valence-corrected chi connectivity index (χ2v) is 10.7. The van der Waals surface area contributed by atoms with Crippen molar-refractivity contribution in [2.45, 2.75) is 52.3 Å². The summed E-state index contributed by atoms with van der Waals surface area (Å²) in [5.74, 6) is 8.22. The van der Waals surface area contributed by atoms with Gasteiger partial charge in [-0.25, -0.2) is 19.7 Å². The maximum absolute atomic E-state index is 12.8. The number of imidazole rings is 1. The number of carbonyl (C=O) groups excluding carboxylic acids is 1. The SMILES string of the molecule is C[C@@H]1COCCN1c1nc(C#Cc2nc(-c3ccccc3)cn2C)nc2c1CCN(C(=O)OC(C)(C)C)C2. The van der Waals surface area contributed by atoms with Crippen LogP contribution in [0, 0.1) is 11.8 Å². The summed E-state index contributed by atoms with van der Waals surface area (Å²) < 4.78 is 13.2. The molecule has 0 aliphatic carbocycles. The van der Waals surface area contributed by atoms with Crippen LogP contribution in [0.1, 0.15) is 50.6 Å². The molecule has 0 saturated carbocycles. The Morgan fingerprint density at radius 2 is 1.89 bits per heavy atom. The Hall–Kier alpha value is -3.90. The maximum Gasteiger partial charge on any atom is 0.410 e. The van der Waals surface area contributed by atoms with Gasteiger partial charge in [0, 0.05) is 37.5 Å². The summed E-state index contributed by atoms with van der Waals surface area (Å²) in [5.41, 5.74) is 3.20. The molecule has 1 fully saturated rings. The second kappa shape index (κ2) is 10.5. The van der Waals surface area contributed by atoms with Gasteiger partial charge in [0.15, 0.2) is 5.82 Å². The minimum absolute atomic E-state index is 0.176. The molecule has 4 heterocycles. The third kappa shape index (κ3) is 5.65. The van der Waals surface area contributed by atoms with E-state index in [1.54, 1.807) is 4.90 Å². The molecule has 9 nitrogen and oxygen atoms in total. The first kappa shape index (κ1) is 25.7. The van der Waals surface area contributed by atoms with Gasteiger partial charge in [0.25, 0.3) is 0 Å². The third-order valence-corrected chi connectivity index (χ3v) is 6.57. The molecule has 5 rings (SSSR count). The lowest BCUT2D eigenvalue weighted by Gasteiger charge is -2.37. The van der Waals surface area contributed by atoms with Crippen molar-refractivity contribution in [1.29, 1.82) is 0 Å². The highest BCUT2D eigenvalue weighted by atomic mass is 16.6. The van der Waals surface area contributed by atoms with Crippen LogP contribution in [-0.4, -0.2) is 68.5 Å². The minimum Gasteiger partial charge on any atom is -0.444 e. The summed E-state index contributed by atoms with van der Waals surface area (Å²) in [5, 5.41) is 0. The fourth-order valence-corrected chi connectivity index (χ4v) is 4.67. The molecular weight excluding hydrogens is 480 g/mol. The maximum atomic E-state index is 12.8. The molecule has 0 radical (unpaired) electrons. The van der Waals surface area contributed by atoms with Crippen LogP contribution in [0.4, 0.5) is 10.6 Å². The van der Waals surface area contributed by atoms with Crippen molar-refractivity contribution in [1.82, 2.24) is 24.4 Å². The first-order chi connectivity index (χ1) is 18.2. The molecule has 2 aliphatic heterocycles. The van der Waals surface area contributed by atoms with Gasteiger partial charge in [-0.2, -0.15) is 0 Å². The minimum atomic E-state index is -0.561. The average molecular weight is 515 g/mol. The molecule has 0 spiro atoms. The number of amides is 1. The fraction of sp³-hybridized carbons (Fsp3) is 0.448. The van der Waals surface area contributed by atoms with Gasteiger partial charge in [0.1, 0.15) is 11.4 Å². The molecule has 198 valence electrons. The number of nitrogens with zero attached hydrogens (tertiary/aromatic N) is 6. The zero-order chi connectivity index (χ0) is 26.9. The zero-order valence-electron chi connectivity index (χ0n) is 22.7. The van der Waals surface area contributed by atoms with E-state index in [0.29, 0.717) is 44.4 Å². The lowest BCUT2D eigenvalue weighted by molar-refractivity contribution is 0.0220. The molecule has 1 saturated heterocycles. The van der Waals surface area contributed by atoms with E-state index in [-0.39, 0.29) is 12.1 Å². The summed E-state index contributed by atoms with van der Waals surface area (Å²) in [7, 11) is 1.93. The molecule has 38 heavy (non-hydrogen) atoms. The van der Waals surface area contributed by atoms with Crippen LogP contribution in [0.5, 0.6) is 0 Å². The van der Waals surface area contributed by atoms with Crippen LogP contribution in [0.2, 0.25) is 0 Å². The van der Waals surface area contributed by atoms with E-state index < -0.39 is 5.60 Å². The Balaban J connectivity index is 1.49. The number of rotatable bonds is 2. The van der Waals surface area contributed by atoms with Crippen molar-refractivity contribution in [3.8, 4) is 23.1 Å². The second-order valence-electron chi connectivity index (χ2n) is 10.7. The summed E-state index contributed by atoms with van der Waals surface area (Å²) in [6, 6.07) is 10.2. The summed E-state index contributed by atoms with van der Waals surface area (Å²) in [6.45, 7) is 10.7. The number of ether oxygens (including phenoxy) is 2. The lowest BCUT2D eigenvalue weighted by atomic mass is 10.0. The largest absolute Gasteiger partial charge is 0.444 e. The quantitative estimate of drug-likeness (QED) is 0.481. The van der Waals surface area contributed by atoms with Crippen LogP contribution >= 0.6 is 0 Å². The molecule has 0 N–H and O–H groups in total. The van der Waals surface area contributed by atoms with Crippen LogP contribution in [0.15, 0.2) is 36.5 Å². The van der Waals surface area contributed by atoms with Gasteiger partial charge >= 0.3 is 6.09 Å². The number of benzene rings is 1. The van der Waals surface area contributed by atoms with Gasteiger partial charge < -0.3 is 23.8 Å². The Kier molecular flexibility index (Phi) is 7.09. The van der Waals surface area contributed by atoms with E-state index in [0.717, 1.165) is 34.9 Å². The summed E-state index contributed by atoms with van der Waals surface area (Å²) in [4.78, 5) is 31.2. The molecular formula is C29H34N6O3. The fourth-order valence-electron chi connectivity index (χ4n) is 4.67. The van der Waals surface area contributed by atoms with Crippen LogP contribution in [0.25, 0.3) is 11.3 Å². The molecule has 3 aromatic rings. The zero-order valence-corrected chi connectivity index (χ0v) is 22.7. The Morgan fingerprint density at radius 1 is 1.11 bits per heavy atom. The van der Waals surface area contributed by atoms with Crippen LogP contribution < -0.4 is 4.90 Å². The smallest absolute Gasteiger partial charge is 0.410 e. The topological polar surface area (TPSA) is 85.6 Å². The predicted molar refractivity (Wildman–Crippen MR) is 145 cm³/mol. The van der Waals surface area contributed by atoms with Gasteiger partial charge in [-0.3, -0.25) is 0 Å². The molecule has 1 aromatic carbocycles. The molecule has 0 bridgehead atoms. The Labute approximate surface area is 223 Å². The monoisotopic (exact) mass is 514 g/mol. The molecule has 2 aromatic heterocycles. The van der Waals surface area contributed by atoms with E-state index in [4.69, 9.17) is 24.4 Å². The molecule has 2 aliphatic rings. The predicted octanol–water partition coefficient (Wildman–Crippen LogP) is 3.80. The number of aromatic nitrogens is 4. The Bertz CT molecular complexity index is 1380. The number of carbonyl (C=O) groups is 1. The lowest BCUT2D eigenvalue weighted by Crippen LogP contribution is -2.46. The van der Waals surface area contributed by atoms with E-state index in [1.165, 1.54) is 0 Å². The number of hydrogen-bond donors (Lipinski definition) is 0. The van der Waals surface area contributed by atoms with Crippen molar-refractivity contribution >= 4 is 11.9 Å². The molecule has 1 atom stereocenters. The van der Waals surface area contributed by atoms with Crippen molar-refractivity contribution in [3.05, 3.63) is 59.4 Å². The highest BCUT2D eigenvalue weighted by molar-refractivity contribution is 5.69. The Morgan fingerprint density at radius 3 is 2.63 bits per heavy atom. The third-order valence-electron chi connectivity index (χ3n) is 6.57. The average Bonchev–Trinajstić information content (AvgIpc) is 3.27. The van der Waals surface area contributed by atoms with Gasteiger partial charge in [0.2, 0.25) is 5.82 Å².